The molecule has 8 heteroatoms. The number of benzene rings is 2. The van der Waals surface area contributed by atoms with E-state index < -0.39 is 32.3 Å². The monoisotopic (exact) mass is 387 g/mol. The van der Waals surface area contributed by atoms with E-state index in [4.69, 9.17) is 5.11 Å². The number of hydrogen-bond donors (Lipinski definition) is 2. The fourth-order valence-electron chi connectivity index (χ4n) is 1.83. The Kier molecular flexibility index (Phi) is 4.52. The largest absolute Gasteiger partial charge is 0.478 e. The van der Waals surface area contributed by atoms with E-state index in [9.17, 15) is 17.6 Å². The van der Waals surface area contributed by atoms with E-state index in [0.717, 1.165) is 12.1 Å². The molecule has 0 saturated carbocycles. The van der Waals surface area contributed by atoms with Gasteiger partial charge in [-0.25, -0.2) is 17.6 Å². The first-order valence-corrected chi connectivity index (χ1v) is 8.31. The summed E-state index contributed by atoms with van der Waals surface area (Å²) in [5, 5.41) is 8.95. The molecular weight excluding hydrogens is 377 g/mol. The van der Waals surface area contributed by atoms with Crippen molar-refractivity contribution in [2.24, 2.45) is 0 Å². The molecule has 2 rings (SSSR count). The first-order chi connectivity index (χ1) is 10.2. The third-order valence-corrected chi connectivity index (χ3v) is 4.88. The Morgan fingerprint density at radius 2 is 1.91 bits per heavy atom. The lowest BCUT2D eigenvalue weighted by Gasteiger charge is -2.12. The molecule has 0 aliphatic rings. The van der Waals surface area contributed by atoms with Crippen LogP contribution in [0.5, 0.6) is 0 Å². The van der Waals surface area contributed by atoms with Crippen LogP contribution in [-0.4, -0.2) is 19.5 Å². The van der Waals surface area contributed by atoms with Crippen molar-refractivity contribution >= 4 is 37.6 Å². The summed E-state index contributed by atoms with van der Waals surface area (Å²) in [5.41, 5.74) is -0.140. The van der Waals surface area contributed by atoms with Crippen LogP contribution in [0.4, 0.5) is 10.1 Å². The predicted molar refractivity (Wildman–Crippen MR) is 83.0 cm³/mol. The number of carboxylic acid groups (broad SMARTS) is 1. The summed E-state index contributed by atoms with van der Waals surface area (Å²) in [4.78, 5) is 10.3. The number of para-hydroxylation sites is 1. The number of aryl methyl sites for hydroxylation is 1. The van der Waals surface area contributed by atoms with E-state index >= 15 is 0 Å². The van der Waals surface area contributed by atoms with E-state index in [2.05, 4.69) is 20.7 Å². The lowest BCUT2D eigenvalue weighted by Crippen LogP contribution is -2.17. The minimum absolute atomic E-state index is 0.222. The highest BCUT2D eigenvalue weighted by atomic mass is 79.9. The van der Waals surface area contributed by atoms with Crippen molar-refractivity contribution < 1.29 is 22.7 Å². The number of anilines is 1. The summed E-state index contributed by atoms with van der Waals surface area (Å²) < 4.78 is 41.6. The molecule has 0 radical (unpaired) electrons. The Hall–Kier alpha value is -1.93. The molecule has 0 bridgehead atoms. The molecular formula is C14H11BrFNO4S. The van der Waals surface area contributed by atoms with Gasteiger partial charge in [-0.15, -0.1) is 0 Å². The molecule has 0 atom stereocenters. The molecule has 0 aliphatic carbocycles. The van der Waals surface area contributed by atoms with Gasteiger partial charge in [0.2, 0.25) is 0 Å². The van der Waals surface area contributed by atoms with Crippen LogP contribution in [0.2, 0.25) is 0 Å². The summed E-state index contributed by atoms with van der Waals surface area (Å²) in [5.74, 6) is -2.82. The molecule has 0 fully saturated rings. The SMILES string of the molecule is Cc1cc(C(=O)O)c(F)c(S(=O)(=O)Nc2ccccc2Br)c1. The second-order valence-corrected chi connectivity index (χ2v) is 7.02. The van der Waals surface area contributed by atoms with Gasteiger partial charge in [0.05, 0.1) is 11.3 Å². The molecule has 0 spiro atoms. The number of aromatic carboxylic acids is 1. The van der Waals surface area contributed by atoms with Gasteiger partial charge in [0, 0.05) is 4.47 Å². The number of sulfonamides is 1. The maximum absolute atomic E-state index is 14.2. The smallest absolute Gasteiger partial charge is 0.338 e. The van der Waals surface area contributed by atoms with Gasteiger partial charge in [0.25, 0.3) is 10.0 Å². The van der Waals surface area contributed by atoms with E-state index in [1.165, 1.54) is 13.0 Å². The quantitative estimate of drug-likeness (QED) is 0.841. The molecule has 5 nitrogen and oxygen atoms in total. The zero-order valence-electron chi connectivity index (χ0n) is 11.3. The van der Waals surface area contributed by atoms with Crippen molar-refractivity contribution in [2.75, 3.05) is 4.72 Å². The molecule has 0 unspecified atom stereocenters. The fourth-order valence-corrected chi connectivity index (χ4v) is 3.61. The summed E-state index contributed by atoms with van der Waals surface area (Å²) in [6.07, 6.45) is 0. The second-order valence-electron chi connectivity index (χ2n) is 4.52. The highest BCUT2D eigenvalue weighted by molar-refractivity contribution is 9.10. The molecule has 0 amide bonds. The third kappa shape index (κ3) is 3.28. The Morgan fingerprint density at radius 3 is 2.50 bits per heavy atom. The zero-order valence-corrected chi connectivity index (χ0v) is 13.7. The van der Waals surface area contributed by atoms with Gasteiger partial charge in [-0.2, -0.15) is 0 Å². The minimum Gasteiger partial charge on any atom is -0.478 e. The van der Waals surface area contributed by atoms with Crippen LogP contribution in [0.1, 0.15) is 15.9 Å². The summed E-state index contributed by atoms with van der Waals surface area (Å²) in [6, 6.07) is 8.58. The molecule has 0 aliphatic heterocycles. The Bertz CT molecular complexity index is 852. The maximum Gasteiger partial charge on any atom is 0.338 e. The molecule has 22 heavy (non-hydrogen) atoms. The predicted octanol–water partition coefficient (Wildman–Crippen LogP) is 3.40. The molecule has 2 N–H and O–H groups in total. The van der Waals surface area contributed by atoms with Crippen LogP contribution in [0, 0.1) is 12.7 Å². The number of nitrogens with one attached hydrogen (secondary N) is 1. The standard InChI is InChI=1S/C14H11BrFNO4S/c1-8-6-9(14(18)19)13(16)12(7-8)22(20,21)17-11-5-3-2-4-10(11)15/h2-7,17H,1H3,(H,18,19). The lowest BCUT2D eigenvalue weighted by atomic mass is 10.1. The van der Waals surface area contributed by atoms with Crippen LogP contribution in [0.25, 0.3) is 0 Å². The van der Waals surface area contributed by atoms with Crippen LogP contribution in [0.3, 0.4) is 0 Å². The van der Waals surface area contributed by atoms with E-state index in [0.29, 0.717) is 10.0 Å². The average molecular weight is 388 g/mol. The van der Waals surface area contributed by atoms with Crippen LogP contribution in [-0.2, 0) is 10.0 Å². The van der Waals surface area contributed by atoms with Crippen LogP contribution < -0.4 is 4.72 Å². The summed E-state index contributed by atoms with van der Waals surface area (Å²) >= 11 is 3.18. The highest BCUT2D eigenvalue weighted by Gasteiger charge is 2.25. The Morgan fingerprint density at radius 1 is 1.27 bits per heavy atom. The van der Waals surface area contributed by atoms with Crippen LogP contribution >= 0.6 is 15.9 Å². The third-order valence-electron chi connectivity index (χ3n) is 2.82. The van der Waals surface area contributed by atoms with E-state index in [-0.39, 0.29) is 5.69 Å². The molecule has 2 aromatic carbocycles. The highest BCUT2D eigenvalue weighted by Crippen LogP contribution is 2.27. The summed E-state index contributed by atoms with van der Waals surface area (Å²) in [7, 11) is -4.26. The first-order valence-electron chi connectivity index (χ1n) is 6.03. The van der Waals surface area contributed by atoms with Crippen LogP contribution in [0.15, 0.2) is 45.8 Å². The van der Waals surface area contributed by atoms with Crippen molar-refractivity contribution in [1.82, 2.24) is 0 Å². The van der Waals surface area contributed by atoms with Crippen molar-refractivity contribution in [3.8, 4) is 0 Å². The fraction of sp³-hybridized carbons (Fsp3) is 0.0714. The number of halogens is 2. The summed E-state index contributed by atoms with van der Waals surface area (Å²) in [6.45, 7) is 1.49. The average Bonchev–Trinajstić information content (AvgIpc) is 2.43. The molecule has 116 valence electrons. The first kappa shape index (κ1) is 16.4. The van der Waals surface area contributed by atoms with E-state index in [1.807, 2.05) is 0 Å². The number of carboxylic acids is 1. The minimum atomic E-state index is -4.26. The number of rotatable bonds is 4. The Balaban J connectivity index is 2.55. The Labute approximate surface area is 135 Å². The van der Waals surface area contributed by atoms with Crippen molar-refractivity contribution in [1.29, 1.82) is 0 Å². The van der Waals surface area contributed by atoms with Gasteiger partial charge >= 0.3 is 5.97 Å². The van der Waals surface area contributed by atoms with E-state index in [1.54, 1.807) is 18.2 Å². The topological polar surface area (TPSA) is 83.5 Å². The van der Waals surface area contributed by atoms with Crippen molar-refractivity contribution in [2.45, 2.75) is 11.8 Å². The lowest BCUT2D eigenvalue weighted by molar-refractivity contribution is 0.0691. The molecule has 2 aromatic rings. The molecule has 0 aromatic heterocycles. The van der Waals surface area contributed by atoms with Gasteiger partial charge in [-0.05, 0) is 52.7 Å². The van der Waals surface area contributed by atoms with Gasteiger partial charge < -0.3 is 5.11 Å². The zero-order chi connectivity index (χ0) is 16.5. The van der Waals surface area contributed by atoms with Gasteiger partial charge in [0.1, 0.15) is 4.90 Å². The molecule has 0 saturated heterocycles. The maximum atomic E-state index is 14.2. The molecule has 0 heterocycles. The van der Waals surface area contributed by atoms with Gasteiger partial charge in [-0.1, -0.05) is 12.1 Å². The van der Waals surface area contributed by atoms with Crippen molar-refractivity contribution in [3.63, 3.8) is 0 Å². The van der Waals surface area contributed by atoms with Crippen molar-refractivity contribution in [3.05, 3.63) is 57.8 Å². The number of hydrogen-bond acceptors (Lipinski definition) is 3. The van der Waals surface area contributed by atoms with Gasteiger partial charge in [0.15, 0.2) is 5.82 Å². The second kappa shape index (κ2) is 6.05. The van der Waals surface area contributed by atoms with Gasteiger partial charge in [-0.3, -0.25) is 4.72 Å². The normalized spacial score (nSPS) is 11.2. The number of carbonyl (C=O) groups is 1.